The first-order chi connectivity index (χ1) is 11.5. The van der Waals surface area contributed by atoms with Crippen LogP contribution in [0.15, 0.2) is 45.7 Å². The molecule has 0 fully saturated rings. The molecule has 0 saturated heterocycles. The van der Waals surface area contributed by atoms with Crippen LogP contribution in [-0.2, 0) is 16.1 Å². The lowest BCUT2D eigenvalue weighted by Gasteiger charge is -2.17. The fourth-order valence-corrected chi connectivity index (χ4v) is 2.62. The van der Waals surface area contributed by atoms with Gasteiger partial charge in [0.25, 0.3) is 5.91 Å². The number of amides is 1. The summed E-state index contributed by atoms with van der Waals surface area (Å²) in [4.78, 5) is 24.5. The third kappa shape index (κ3) is 4.87. The van der Waals surface area contributed by atoms with E-state index in [9.17, 15) is 9.59 Å². The van der Waals surface area contributed by atoms with E-state index in [0.29, 0.717) is 5.76 Å². The standard InChI is InChI=1S/C17H19NO5S/c1-22-10-12-5-8-15(23-12)17(21)18-14(9-16(19)20)11-3-6-13(24-2)7-4-11/h3-8,14H,9-10H2,1-2H3,(H,18,21)(H,19,20). The molecule has 1 amide bonds. The minimum Gasteiger partial charge on any atom is -0.481 e. The van der Waals surface area contributed by atoms with Crippen LogP contribution in [0.25, 0.3) is 0 Å². The molecule has 0 aliphatic carbocycles. The maximum absolute atomic E-state index is 12.3. The smallest absolute Gasteiger partial charge is 0.305 e. The van der Waals surface area contributed by atoms with Gasteiger partial charge >= 0.3 is 5.97 Å². The number of furan rings is 1. The molecule has 2 rings (SSSR count). The summed E-state index contributed by atoms with van der Waals surface area (Å²) < 4.78 is 10.3. The molecular formula is C17H19NO5S. The lowest BCUT2D eigenvalue weighted by atomic mass is 10.0. The quantitative estimate of drug-likeness (QED) is 0.712. The van der Waals surface area contributed by atoms with E-state index in [-0.39, 0.29) is 18.8 Å². The number of benzene rings is 1. The Morgan fingerprint density at radius 3 is 2.54 bits per heavy atom. The van der Waals surface area contributed by atoms with E-state index >= 15 is 0 Å². The minimum absolute atomic E-state index is 0.123. The van der Waals surface area contributed by atoms with Crippen molar-refractivity contribution in [1.82, 2.24) is 5.32 Å². The van der Waals surface area contributed by atoms with Gasteiger partial charge in [0.15, 0.2) is 5.76 Å². The largest absolute Gasteiger partial charge is 0.481 e. The van der Waals surface area contributed by atoms with Crippen molar-refractivity contribution in [3.63, 3.8) is 0 Å². The van der Waals surface area contributed by atoms with Gasteiger partial charge in [-0.05, 0) is 36.1 Å². The summed E-state index contributed by atoms with van der Waals surface area (Å²) in [7, 11) is 1.53. The highest BCUT2D eigenvalue weighted by molar-refractivity contribution is 7.98. The number of rotatable bonds is 8. The van der Waals surface area contributed by atoms with Crippen LogP contribution in [0.5, 0.6) is 0 Å². The van der Waals surface area contributed by atoms with Crippen LogP contribution in [0, 0.1) is 0 Å². The topological polar surface area (TPSA) is 88.8 Å². The predicted molar refractivity (Wildman–Crippen MR) is 90.1 cm³/mol. The van der Waals surface area contributed by atoms with Gasteiger partial charge in [-0.15, -0.1) is 11.8 Å². The normalized spacial score (nSPS) is 11.9. The Balaban J connectivity index is 2.14. The molecule has 1 atom stereocenters. The van der Waals surface area contributed by atoms with E-state index in [1.807, 2.05) is 30.5 Å². The zero-order valence-corrected chi connectivity index (χ0v) is 14.3. The van der Waals surface area contributed by atoms with E-state index in [1.165, 1.54) is 7.11 Å². The summed E-state index contributed by atoms with van der Waals surface area (Å²) in [5.74, 6) is -0.800. The van der Waals surface area contributed by atoms with Crippen LogP contribution in [0.1, 0.15) is 34.3 Å². The fraction of sp³-hybridized carbons (Fsp3) is 0.294. The van der Waals surface area contributed by atoms with Gasteiger partial charge in [-0.25, -0.2) is 0 Å². The number of ether oxygens (including phenoxy) is 1. The number of methoxy groups -OCH3 is 1. The average Bonchev–Trinajstić information content (AvgIpc) is 3.03. The lowest BCUT2D eigenvalue weighted by Crippen LogP contribution is -2.30. The van der Waals surface area contributed by atoms with E-state index < -0.39 is 17.9 Å². The molecule has 6 nitrogen and oxygen atoms in total. The third-order valence-corrected chi connectivity index (χ3v) is 4.12. The van der Waals surface area contributed by atoms with Crippen LogP contribution in [0.4, 0.5) is 0 Å². The van der Waals surface area contributed by atoms with Crippen LogP contribution >= 0.6 is 11.8 Å². The SMILES string of the molecule is COCc1ccc(C(=O)NC(CC(=O)O)c2ccc(SC)cc2)o1. The number of hydrogen-bond donors (Lipinski definition) is 2. The molecule has 24 heavy (non-hydrogen) atoms. The number of hydrogen-bond acceptors (Lipinski definition) is 5. The van der Waals surface area contributed by atoms with Crippen LogP contribution < -0.4 is 5.32 Å². The van der Waals surface area contributed by atoms with Crippen molar-refractivity contribution in [3.05, 3.63) is 53.5 Å². The summed E-state index contributed by atoms with van der Waals surface area (Å²) in [6, 6.07) is 9.98. The zero-order valence-electron chi connectivity index (χ0n) is 13.4. The first-order valence-corrected chi connectivity index (χ1v) is 8.50. The molecule has 0 aliphatic heterocycles. The Morgan fingerprint density at radius 2 is 1.96 bits per heavy atom. The van der Waals surface area contributed by atoms with Crippen molar-refractivity contribution >= 4 is 23.6 Å². The molecule has 1 unspecified atom stereocenters. The van der Waals surface area contributed by atoms with Crippen LogP contribution in [0.2, 0.25) is 0 Å². The molecule has 0 aliphatic rings. The fourth-order valence-electron chi connectivity index (χ4n) is 2.21. The highest BCUT2D eigenvalue weighted by Gasteiger charge is 2.20. The number of thioether (sulfide) groups is 1. The minimum atomic E-state index is -0.992. The molecule has 1 heterocycles. The average molecular weight is 349 g/mol. The molecule has 2 N–H and O–H groups in total. The van der Waals surface area contributed by atoms with Crippen molar-refractivity contribution in [2.24, 2.45) is 0 Å². The maximum Gasteiger partial charge on any atom is 0.305 e. The van der Waals surface area contributed by atoms with Crippen molar-refractivity contribution in [3.8, 4) is 0 Å². The Kier molecular flexibility index (Phi) is 6.45. The summed E-state index contributed by atoms with van der Waals surface area (Å²) >= 11 is 1.59. The summed E-state index contributed by atoms with van der Waals surface area (Å²) in [5, 5.41) is 11.8. The van der Waals surface area contributed by atoms with Gasteiger partial charge in [0.1, 0.15) is 12.4 Å². The maximum atomic E-state index is 12.3. The second-order valence-electron chi connectivity index (χ2n) is 5.10. The van der Waals surface area contributed by atoms with Crippen LogP contribution in [0.3, 0.4) is 0 Å². The number of carbonyl (C=O) groups is 2. The predicted octanol–water partition coefficient (Wildman–Crippen LogP) is 3.09. The van der Waals surface area contributed by atoms with Crippen molar-refractivity contribution in [1.29, 1.82) is 0 Å². The van der Waals surface area contributed by atoms with Crippen molar-refractivity contribution in [2.75, 3.05) is 13.4 Å². The van der Waals surface area contributed by atoms with Gasteiger partial charge in [-0.3, -0.25) is 9.59 Å². The number of aliphatic carboxylic acids is 1. The molecule has 2 aromatic rings. The van der Waals surface area contributed by atoms with E-state index in [2.05, 4.69) is 5.32 Å². The molecule has 1 aromatic carbocycles. The van der Waals surface area contributed by atoms with E-state index in [4.69, 9.17) is 14.3 Å². The van der Waals surface area contributed by atoms with Crippen molar-refractivity contribution < 1.29 is 23.8 Å². The number of carboxylic acids is 1. The van der Waals surface area contributed by atoms with Gasteiger partial charge < -0.3 is 19.6 Å². The molecule has 128 valence electrons. The second-order valence-corrected chi connectivity index (χ2v) is 5.98. The first-order valence-electron chi connectivity index (χ1n) is 7.27. The Morgan fingerprint density at radius 1 is 1.25 bits per heavy atom. The van der Waals surface area contributed by atoms with Gasteiger partial charge in [-0.2, -0.15) is 0 Å². The highest BCUT2D eigenvalue weighted by Crippen LogP contribution is 2.22. The Hall–Kier alpha value is -2.25. The highest BCUT2D eigenvalue weighted by atomic mass is 32.2. The third-order valence-electron chi connectivity index (χ3n) is 3.37. The van der Waals surface area contributed by atoms with Gasteiger partial charge in [0.05, 0.1) is 12.5 Å². The molecule has 0 saturated carbocycles. The molecule has 0 bridgehead atoms. The molecule has 0 spiro atoms. The second kappa shape index (κ2) is 8.56. The Labute approximate surface area is 144 Å². The summed E-state index contributed by atoms with van der Waals surface area (Å²) in [6.45, 7) is 0.266. The number of nitrogens with one attached hydrogen (secondary N) is 1. The van der Waals surface area contributed by atoms with Crippen molar-refractivity contribution in [2.45, 2.75) is 24.0 Å². The van der Waals surface area contributed by atoms with Gasteiger partial charge in [0, 0.05) is 12.0 Å². The lowest BCUT2D eigenvalue weighted by molar-refractivity contribution is -0.137. The van der Waals surface area contributed by atoms with Gasteiger partial charge in [-0.1, -0.05) is 12.1 Å². The summed E-state index contributed by atoms with van der Waals surface area (Å²) in [6.07, 6.45) is 1.75. The zero-order chi connectivity index (χ0) is 17.5. The Bertz CT molecular complexity index is 695. The molecule has 1 aromatic heterocycles. The molecular weight excluding hydrogens is 330 g/mol. The molecule has 0 radical (unpaired) electrons. The number of carboxylic acid groups (broad SMARTS) is 1. The number of carbonyl (C=O) groups excluding carboxylic acids is 1. The van der Waals surface area contributed by atoms with Crippen LogP contribution in [-0.4, -0.2) is 30.3 Å². The molecule has 7 heteroatoms. The van der Waals surface area contributed by atoms with E-state index in [1.54, 1.807) is 23.9 Å². The summed E-state index contributed by atoms with van der Waals surface area (Å²) in [5.41, 5.74) is 0.729. The first kappa shape index (κ1) is 18.1. The monoisotopic (exact) mass is 349 g/mol. The van der Waals surface area contributed by atoms with Gasteiger partial charge in [0.2, 0.25) is 0 Å². The van der Waals surface area contributed by atoms with E-state index in [0.717, 1.165) is 10.5 Å².